The molecule has 0 aromatic carbocycles. The van der Waals surface area contributed by atoms with E-state index >= 15 is 0 Å². The van der Waals surface area contributed by atoms with E-state index in [0.29, 0.717) is 11.1 Å². The van der Waals surface area contributed by atoms with Crippen LogP contribution in [0.5, 0.6) is 0 Å². The van der Waals surface area contributed by atoms with Gasteiger partial charge in [0, 0.05) is 11.6 Å². The molecule has 0 aromatic rings. The number of allylic oxidation sites excluding steroid dienone is 2. The Morgan fingerprint density at radius 2 is 1.57 bits per heavy atom. The third kappa shape index (κ3) is 4.45. The molecule has 4 nitrogen and oxygen atoms in total. The maximum Gasteiger partial charge on any atom is 0.333 e. The van der Waals surface area contributed by atoms with Crippen LogP contribution < -0.4 is 0 Å². The molecule has 0 saturated heterocycles. The molecule has 0 rings (SSSR count). The summed E-state index contributed by atoms with van der Waals surface area (Å²) in [6, 6.07) is 0. The zero-order chi connectivity index (χ0) is 11.1. The Morgan fingerprint density at radius 3 is 2.00 bits per heavy atom. The van der Waals surface area contributed by atoms with Gasteiger partial charge in [0.2, 0.25) is 0 Å². The molecule has 0 radical (unpaired) electrons. The van der Waals surface area contributed by atoms with Gasteiger partial charge in [-0.05, 0) is 25.5 Å². The summed E-state index contributed by atoms with van der Waals surface area (Å²) in [4.78, 5) is 21.8. The quantitative estimate of drug-likeness (QED) is 0.389. The molecule has 0 atom stereocenters. The molecular weight excluding hydrogens is 184 g/mol. The highest BCUT2D eigenvalue weighted by Crippen LogP contribution is 2.03. The van der Waals surface area contributed by atoms with Crippen LogP contribution >= 0.6 is 0 Å². The first-order valence-corrected chi connectivity index (χ1v) is 4.04. The van der Waals surface area contributed by atoms with E-state index in [9.17, 15) is 9.59 Å². The van der Waals surface area contributed by atoms with Gasteiger partial charge in [-0.25, -0.2) is 9.59 Å². The van der Waals surface area contributed by atoms with Crippen molar-refractivity contribution in [3.8, 4) is 0 Å². The summed E-state index contributed by atoms with van der Waals surface area (Å²) in [6.07, 6.45) is 2.86. The zero-order valence-corrected chi connectivity index (χ0v) is 8.79. The third-order valence-corrected chi connectivity index (χ3v) is 1.50. The number of carbonyl (C=O) groups is 2. The van der Waals surface area contributed by atoms with Crippen molar-refractivity contribution >= 4 is 11.9 Å². The van der Waals surface area contributed by atoms with Crippen molar-refractivity contribution in [1.82, 2.24) is 0 Å². The van der Waals surface area contributed by atoms with Crippen LogP contribution in [-0.2, 0) is 19.1 Å². The normalized spacial score (nSPS) is 12.3. The number of hydrogen-bond acceptors (Lipinski definition) is 4. The highest BCUT2D eigenvalue weighted by molar-refractivity contribution is 5.89. The summed E-state index contributed by atoms with van der Waals surface area (Å²) in [5, 5.41) is 0. The predicted molar refractivity (Wildman–Crippen MR) is 51.5 cm³/mol. The van der Waals surface area contributed by atoms with Gasteiger partial charge in [-0.3, -0.25) is 0 Å². The van der Waals surface area contributed by atoms with E-state index < -0.39 is 11.9 Å². The fourth-order valence-electron chi connectivity index (χ4n) is 0.848. The van der Waals surface area contributed by atoms with Crippen LogP contribution in [0, 0.1) is 0 Å². The van der Waals surface area contributed by atoms with Crippen molar-refractivity contribution in [1.29, 1.82) is 0 Å². The van der Waals surface area contributed by atoms with Crippen LogP contribution in [-0.4, -0.2) is 26.2 Å². The lowest BCUT2D eigenvalue weighted by Crippen LogP contribution is -2.02. The first-order valence-electron chi connectivity index (χ1n) is 4.04. The van der Waals surface area contributed by atoms with Crippen LogP contribution in [0.15, 0.2) is 23.3 Å². The molecule has 0 spiro atoms. The molecule has 0 unspecified atom stereocenters. The minimum absolute atomic E-state index is 0.414. The van der Waals surface area contributed by atoms with Gasteiger partial charge in [0.25, 0.3) is 0 Å². The first-order chi connectivity index (χ1) is 6.51. The first kappa shape index (κ1) is 12.4. The molecule has 0 aliphatic carbocycles. The van der Waals surface area contributed by atoms with Gasteiger partial charge in [-0.2, -0.15) is 0 Å². The molecule has 4 heteroatoms. The zero-order valence-electron chi connectivity index (χ0n) is 8.79. The summed E-state index contributed by atoms with van der Waals surface area (Å²) in [7, 11) is 2.60. The van der Waals surface area contributed by atoms with Crippen molar-refractivity contribution < 1.29 is 19.1 Å². The molecule has 0 fully saturated rings. The van der Waals surface area contributed by atoms with Gasteiger partial charge in [0.05, 0.1) is 14.2 Å². The lowest BCUT2D eigenvalue weighted by atomic mass is 10.2. The van der Waals surface area contributed by atoms with Crippen LogP contribution in [0.2, 0.25) is 0 Å². The third-order valence-electron chi connectivity index (χ3n) is 1.50. The lowest BCUT2D eigenvalue weighted by molar-refractivity contribution is -0.136. The fourth-order valence-corrected chi connectivity index (χ4v) is 0.848. The number of carbonyl (C=O) groups excluding carboxylic acids is 2. The van der Waals surface area contributed by atoms with E-state index in [1.165, 1.54) is 20.3 Å². The molecule has 0 amide bonds. The SMILES string of the molecule is COC(=O)/C=C(C)\C=C(\C)C(=O)OC. The van der Waals surface area contributed by atoms with Crippen LogP contribution in [0.4, 0.5) is 0 Å². The van der Waals surface area contributed by atoms with Gasteiger partial charge < -0.3 is 9.47 Å². The van der Waals surface area contributed by atoms with E-state index in [2.05, 4.69) is 9.47 Å². The van der Waals surface area contributed by atoms with Crippen LogP contribution in [0.1, 0.15) is 13.8 Å². The Balaban J connectivity index is 4.57. The van der Waals surface area contributed by atoms with E-state index in [0.717, 1.165) is 0 Å². The molecule has 0 bridgehead atoms. The number of methoxy groups -OCH3 is 2. The molecule has 78 valence electrons. The smallest absolute Gasteiger partial charge is 0.333 e. The van der Waals surface area contributed by atoms with Gasteiger partial charge in [0.1, 0.15) is 0 Å². The van der Waals surface area contributed by atoms with Crippen LogP contribution in [0.25, 0.3) is 0 Å². The summed E-state index contributed by atoms with van der Waals surface area (Å²) in [5.41, 5.74) is 1.07. The topological polar surface area (TPSA) is 52.6 Å². The monoisotopic (exact) mass is 198 g/mol. The average molecular weight is 198 g/mol. The molecule has 14 heavy (non-hydrogen) atoms. The molecule has 0 N–H and O–H groups in total. The Hall–Kier alpha value is -1.58. The average Bonchev–Trinajstić information content (AvgIpc) is 2.15. The predicted octanol–water partition coefficient (Wildman–Crippen LogP) is 1.22. The lowest BCUT2D eigenvalue weighted by Gasteiger charge is -1.98. The summed E-state index contributed by atoms with van der Waals surface area (Å²) in [5.74, 6) is -0.862. The minimum atomic E-state index is -0.448. The summed E-state index contributed by atoms with van der Waals surface area (Å²) in [6.45, 7) is 3.31. The van der Waals surface area contributed by atoms with E-state index in [1.54, 1.807) is 19.9 Å². The van der Waals surface area contributed by atoms with E-state index in [4.69, 9.17) is 0 Å². The second-order valence-corrected chi connectivity index (χ2v) is 2.73. The maximum absolute atomic E-state index is 11.0. The minimum Gasteiger partial charge on any atom is -0.466 e. The Morgan fingerprint density at radius 1 is 1.00 bits per heavy atom. The number of esters is 2. The highest BCUT2D eigenvalue weighted by atomic mass is 16.5. The highest BCUT2D eigenvalue weighted by Gasteiger charge is 2.03. The van der Waals surface area contributed by atoms with Crippen molar-refractivity contribution in [2.45, 2.75) is 13.8 Å². The Kier molecular flexibility index (Phi) is 5.29. The standard InChI is InChI=1S/C10H14O4/c1-7(6-9(11)13-3)5-8(2)10(12)14-4/h5-6H,1-4H3/b7-6-,8-5-. The molecule has 0 aromatic heterocycles. The van der Waals surface area contributed by atoms with Gasteiger partial charge in [-0.15, -0.1) is 0 Å². The van der Waals surface area contributed by atoms with E-state index in [-0.39, 0.29) is 0 Å². The van der Waals surface area contributed by atoms with Crippen molar-refractivity contribution in [2.75, 3.05) is 14.2 Å². The molecule has 0 aliphatic rings. The van der Waals surface area contributed by atoms with Gasteiger partial charge >= 0.3 is 11.9 Å². The Labute approximate surface area is 83.2 Å². The van der Waals surface area contributed by atoms with E-state index in [1.807, 2.05) is 0 Å². The van der Waals surface area contributed by atoms with Gasteiger partial charge in [-0.1, -0.05) is 0 Å². The van der Waals surface area contributed by atoms with Crippen molar-refractivity contribution in [2.24, 2.45) is 0 Å². The number of ether oxygens (including phenoxy) is 2. The fraction of sp³-hybridized carbons (Fsp3) is 0.400. The maximum atomic E-state index is 11.0. The second kappa shape index (κ2) is 5.96. The molecule has 0 heterocycles. The van der Waals surface area contributed by atoms with Crippen molar-refractivity contribution in [3.05, 3.63) is 23.3 Å². The Bertz CT molecular complexity index is 286. The van der Waals surface area contributed by atoms with Gasteiger partial charge in [0.15, 0.2) is 0 Å². The summed E-state index contributed by atoms with van der Waals surface area (Å²) < 4.78 is 8.92. The van der Waals surface area contributed by atoms with Crippen molar-refractivity contribution in [3.63, 3.8) is 0 Å². The summed E-state index contributed by atoms with van der Waals surface area (Å²) >= 11 is 0. The second-order valence-electron chi connectivity index (χ2n) is 2.73. The number of rotatable bonds is 3. The molecule has 0 aliphatic heterocycles. The molecular formula is C10H14O4. The molecule has 0 saturated carbocycles. The largest absolute Gasteiger partial charge is 0.466 e. The number of hydrogen-bond donors (Lipinski definition) is 0. The van der Waals surface area contributed by atoms with Crippen LogP contribution in [0.3, 0.4) is 0 Å².